The Bertz CT molecular complexity index is 220. The Hall–Kier alpha value is 0.603. The second-order valence-electron chi connectivity index (χ2n) is 2.05. The van der Waals surface area contributed by atoms with Crippen LogP contribution in [0.5, 0.6) is 0 Å². The van der Waals surface area contributed by atoms with Crippen LogP contribution in [0.4, 0.5) is 0 Å². The van der Waals surface area contributed by atoms with Crippen LogP contribution in [0.15, 0.2) is 30.8 Å². The largest absolute Gasteiger partial charge is 1.00 e. The van der Waals surface area contributed by atoms with Crippen LogP contribution in [0, 0.1) is 6.08 Å². The molecule has 0 fully saturated rings. The molecule has 0 heterocycles. The van der Waals surface area contributed by atoms with Crippen LogP contribution in [-0.2, 0) is 25.9 Å². The standard InChI is InChI=1S/C9H8Cl.HI.Zn/c1-2-3-8-4-6-9(10)7-5-8;;/h4-7H,1,3H2;1H;/p-1. The molecule has 0 unspecified atom stereocenters. The second-order valence-corrected chi connectivity index (χ2v) is 2.49. The van der Waals surface area contributed by atoms with E-state index in [0.717, 1.165) is 11.4 Å². The first kappa shape index (κ1) is 15.1. The molecule has 1 rings (SSSR count). The van der Waals surface area contributed by atoms with E-state index in [1.165, 1.54) is 5.56 Å². The molecular formula is C9H8ClIZn-. The first-order valence-electron chi connectivity index (χ1n) is 3.07. The van der Waals surface area contributed by atoms with Crippen molar-refractivity contribution in [3.8, 4) is 0 Å². The van der Waals surface area contributed by atoms with E-state index in [9.17, 15) is 0 Å². The SMILES string of the molecule is C=[C]Cc1ccc(Cl)cc1.[I-].[Zn]. The van der Waals surface area contributed by atoms with Crippen LogP contribution in [0.2, 0.25) is 5.02 Å². The van der Waals surface area contributed by atoms with Crippen molar-refractivity contribution >= 4 is 11.6 Å². The molecule has 1 aromatic rings. The van der Waals surface area contributed by atoms with Gasteiger partial charge in [0, 0.05) is 24.5 Å². The Balaban J connectivity index is 0. The molecule has 1 radical (unpaired) electrons. The second kappa shape index (κ2) is 8.21. The predicted molar refractivity (Wildman–Crippen MR) is 44.0 cm³/mol. The van der Waals surface area contributed by atoms with E-state index in [4.69, 9.17) is 11.6 Å². The molecule has 0 saturated heterocycles. The maximum atomic E-state index is 5.68. The van der Waals surface area contributed by atoms with Gasteiger partial charge in [0.2, 0.25) is 0 Å². The molecule has 0 spiro atoms. The summed E-state index contributed by atoms with van der Waals surface area (Å²) in [6, 6.07) is 7.68. The van der Waals surface area contributed by atoms with Gasteiger partial charge in [0.25, 0.3) is 0 Å². The van der Waals surface area contributed by atoms with E-state index in [-0.39, 0.29) is 43.5 Å². The van der Waals surface area contributed by atoms with Crippen LogP contribution >= 0.6 is 11.6 Å². The molecular weight excluding hydrogens is 336 g/mol. The van der Waals surface area contributed by atoms with Crippen molar-refractivity contribution in [3.63, 3.8) is 0 Å². The Kier molecular flexibility index (Phi) is 10.3. The van der Waals surface area contributed by atoms with E-state index >= 15 is 0 Å². The Morgan fingerprint density at radius 1 is 1.25 bits per heavy atom. The number of hydrogen-bond acceptors (Lipinski definition) is 0. The molecule has 61 valence electrons. The first-order valence-corrected chi connectivity index (χ1v) is 3.45. The minimum absolute atomic E-state index is 0. The molecule has 0 bridgehead atoms. The maximum absolute atomic E-state index is 5.68. The molecule has 0 aromatic heterocycles. The molecule has 0 N–H and O–H groups in total. The Morgan fingerprint density at radius 3 is 2.17 bits per heavy atom. The summed E-state index contributed by atoms with van der Waals surface area (Å²) in [7, 11) is 0. The van der Waals surface area contributed by atoms with Crippen molar-refractivity contribution in [1.29, 1.82) is 0 Å². The average Bonchev–Trinajstić information content (AvgIpc) is 1.95. The van der Waals surface area contributed by atoms with Crippen molar-refractivity contribution in [2.24, 2.45) is 0 Å². The number of benzene rings is 1. The van der Waals surface area contributed by atoms with Gasteiger partial charge in [0.1, 0.15) is 0 Å². The molecule has 3 heteroatoms. The number of hydrogen-bond donors (Lipinski definition) is 0. The smallest absolute Gasteiger partial charge is 0.0406 e. The molecule has 0 aliphatic carbocycles. The van der Waals surface area contributed by atoms with Gasteiger partial charge in [0.05, 0.1) is 0 Å². The van der Waals surface area contributed by atoms with Gasteiger partial charge in [-0.25, -0.2) is 0 Å². The van der Waals surface area contributed by atoms with Crippen molar-refractivity contribution in [2.45, 2.75) is 6.42 Å². The van der Waals surface area contributed by atoms with Crippen LogP contribution in [0.1, 0.15) is 5.56 Å². The molecule has 0 aliphatic heterocycles. The van der Waals surface area contributed by atoms with E-state index in [1.54, 1.807) is 0 Å². The van der Waals surface area contributed by atoms with Crippen LogP contribution in [-0.4, -0.2) is 0 Å². The third-order valence-corrected chi connectivity index (χ3v) is 1.49. The molecule has 1 aromatic carbocycles. The summed E-state index contributed by atoms with van der Waals surface area (Å²) in [6.07, 6.45) is 3.60. The van der Waals surface area contributed by atoms with E-state index in [1.807, 2.05) is 24.3 Å². The molecule has 0 amide bonds. The summed E-state index contributed by atoms with van der Waals surface area (Å²) in [5, 5.41) is 0.771. The normalized spacial score (nSPS) is 7.75. The van der Waals surface area contributed by atoms with E-state index < -0.39 is 0 Å². The minimum atomic E-state index is 0. The summed E-state index contributed by atoms with van der Waals surface area (Å²) in [5.41, 5.74) is 1.19. The zero-order valence-electron chi connectivity index (χ0n) is 6.69. The summed E-state index contributed by atoms with van der Waals surface area (Å²) < 4.78 is 0. The quantitative estimate of drug-likeness (QED) is 0.518. The van der Waals surface area contributed by atoms with Gasteiger partial charge >= 0.3 is 0 Å². The fraction of sp³-hybridized carbons (Fsp3) is 0.111. The fourth-order valence-electron chi connectivity index (χ4n) is 0.747. The van der Waals surface area contributed by atoms with Gasteiger partial charge in [-0.15, -0.1) is 0 Å². The molecule has 0 saturated carbocycles. The van der Waals surface area contributed by atoms with Gasteiger partial charge in [-0.2, -0.15) is 0 Å². The number of rotatable bonds is 2. The van der Waals surface area contributed by atoms with Crippen LogP contribution in [0.25, 0.3) is 0 Å². The Morgan fingerprint density at radius 2 is 1.75 bits per heavy atom. The summed E-state index contributed by atoms with van der Waals surface area (Å²) in [5.74, 6) is 0. The third kappa shape index (κ3) is 5.28. The summed E-state index contributed by atoms with van der Waals surface area (Å²) in [6.45, 7) is 3.52. The van der Waals surface area contributed by atoms with Crippen molar-refractivity contribution in [3.05, 3.63) is 47.5 Å². The van der Waals surface area contributed by atoms with Gasteiger partial charge in [-0.3, -0.25) is 0 Å². The van der Waals surface area contributed by atoms with Gasteiger partial charge in [0.15, 0.2) is 0 Å². The predicted octanol–water partition coefficient (Wildman–Crippen LogP) is -0.127. The fourth-order valence-corrected chi connectivity index (χ4v) is 0.873. The van der Waals surface area contributed by atoms with Gasteiger partial charge in [-0.1, -0.05) is 30.3 Å². The topological polar surface area (TPSA) is 0 Å². The number of halogens is 2. The molecule has 0 aliphatic rings. The summed E-state index contributed by atoms with van der Waals surface area (Å²) >= 11 is 5.68. The van der Waals surface area contributed by atoms with Crippen LogP contribution in [0.3, 0.4) is 0 Å². The monoisotopic (exact) mass is 342 g/mol. The third-order valence-electron chi connectivity index (χ3n) is 1.24. The molecule has 0 nitrogen and oxygen atoms in total. The zero-order chi connectivity index (χ0) is 7.40. The van der Waals surface area contributed by atoms with Gasteiger partial charge < -0.3 is 24.0 Å². The zero-order valence-corrected chi connectivity index (χ0v) is 12.6. The van der Waals surface area contributed by atoms with Crippen molar-refractivity contribution in [2.75, 3.05) is 0 Å². The van der Waals surface area contributed by atoms with E-state index in [0.29, 0.717) is 0 Å². The van der Waals surface area contributed by atoms with E-state index in [2.05, 4.69) is 12.7 Å². The van der Waals surface area contributed by atoms with Crippen LogP contribution < -0.4 is 24.0 Å². The Labute approximate surface area is 108 Å². The van der Waals surface area contributed by atoms with Crippen molar-refractivity contribution < 1.29 is 43.5 Å². The summed E-state index contributed by atoms with van der Waals surface area (Å²) in [4.78, 5) is 0. The maximum Gasteiger partial charge on any atom is 0.0406 e. The van der Waals surface area contributed by atoms with Gasteiger partial charge in [-0.05, 0) is 30.2 Å². The average molecular weight is 344 g/mol. The first-order chi connectivity index (χ1) is 4.83. The number of allylic oxidation sites excluding steroid dienone is 1. The molecule has 0 atom stereocenters. The molecule has 12 heavy (non-hydrogen) atoms. The minimum Gasteiger partial charge on any atom is -1.00 e. The van der Waals surface area contributed by atoms with Crippen molar-refractivity contribution in [1.82, 2.24) is 0 Å².